The lowest BCUT2D eigenvalue weighted by atomic mass is 10.1. The molecule has 1 amide bonds. The topological polar surface area (TPSA) is 95.0 Å². The van der Waals surface area contributed by atoms with Crippen LogP contribution < -0.4 is 14.8 Å². The zero-order valence-corrected chi connectivity index (χ0v) is 19.5. The molecule has 5 rings (SSSR count). The lowest BCUT2D eigenvalue weighted by molar-refractivity contribution is -0.113. The first-order valence-corrected chi connectivity index (χ1v) is 11.7. The number of amides is 1. The average Bonchev–Trinajstić information content (AvgIpc) is 3.48. The molecule has 34 heavy (non-hydrogen) atoms. The summed E-state index contributed by atoms with van der Waals surface area (Å²) >= 11 is 1.31. The molecule has 0 aliphatic heterocycles. The van der Waals surface area contributed by atoms with E-state index in [4.69, 9.17) is 9.47 Å². The number of anilines is 1. The minimum atomic E-state index is -0.152. The van der Waals surface area contributed by atoms with E-state index in [2.05, 4.69) is 20.6 Å². The number of benzene rings is 2. The van der Waals surface area contributed by atoms with Crippen molar-refractivity contribution in [2.75, 3.05) is 24.8 Å². The number of hydrogen-bond donors (Lipinski definition) is 1. The Morgan fingerprint density at radius 3 is 2.71 bits per heavy atom. The zero-order chi connectivity index (χ0) is 23.5. The van der Waals surface area contributed by atoms with Crippen LogP contribution in [0.3, 0.4) is 0 Å². The van der Waals surface area contributed by atoms with Crippen LogP contribution >= 0.6 is 11.8 Å². The van der Waals surface area contributed by atoms with E-state index in [1.54, 1.807) is 11.6 Å². The highest BCUT2D eigenvalue weighted by molar-refractivity contribution is 7.99. The third-order valence-corrected chi connectivity index (χ3v) is 6.11. The maximum absolute atomic E-state index is 12.6. The van der Waals surface area contributed by atoms with Crippen molar-refractivity contribution in [2.24, 2.45) is 0 Å². The molecule has 0 saturated heterocycles. The summed E-state index contributed by atoms with van der Waals surface area (Å²) in [5, 5.41) is 16.8. The molecule has 5 aromatic rings. The van der Waals surface area contributed by atoms with Crippen molar-refractivity contribution in [2.45, 2.75) is 12.1 Å². The number of carbonyl (C=O) groups excluding carboxylic acids is 1. The quantitative estimate of drug-likeness (QED) is 0.337. The van der Waals surface area contributed by atoms with Gasteiger partial charge in [0.15, 0.2) is 10.8 Å². The molecule has 3 heterocycles. The van der Waals surface area contributed by atoms with Gasteiger partial charge in [-0.1, -0.05) is 23.9 Å². The third-order valence-electron chi connectivity index (χ3n) is 5.17. The van der Waals surface area contributed by atoms with Gasteiger partial charge in [-0.3, -0.25) is 9.20 Å². The lowest BCUT2D eigenvalue weighted by Crippen LogP contribution is -2.15. The molecule has 0 spiro atoms. The van der Waals surface area contributed by atoms with Crippen LogP contribution in [0.4, 0.5) is 5.69 Å². The first kappa shape index (κ1) is 21.8. The Morgan fingerprint density at radius 2 is 1.91 bits per heavy atom. The second-order valence-electron chi connectivity index (χ2n) is 7.33. The molecule has 0 fully saturated rings. The number of rotatable bonds is 8. The maximum Gasteiger partial charge on any atom is 0.234 e. The van der Waals surface area contributed by atoms with Gasteiger partial charge in [-0.05, 0) is 49.4 Å². The average molecular weight is 475 g/mol. The van der Waals surface area contributed by atoms with Crippen LogP contribution in [-0.4, -0.2) is 49.6 Å². The van der Waals surface area contributed by atoms with E-state index in [0.29, 0.717) is 28.8 Å². The molecule has 3 aromatic heterocycles. The summed E-state index contributed by atoms with van der Waals surface area (Å²) in [6.07, 6.45) is 3.69. The Balaban J connectivity index is 1.34. The molecular weight excluding hydrogens is 452 g/mol. The number of para-hydroxylation sites is 2. The molecule has 0 unspecified atom stereocenters. The molecule has 10 heteroatoms. The number of carbonyl (C=O) groups is 1. The summed E-state index contributed by atoms with van der Waals surface area (Å²) in [6, 6.07) is 17.1. The van der Waals surface area contributed by atoms with E-state index in [1.807, 2.05) is 78.3 Å². The van der Waals surface area contributed by atoms with Gasteiger partial charge in [0, 0.05) is 18.0 Å². The Morgan fingerprint density at radius 1 is 1.09 bits per heavy atom. The second kappa shape index (κ2) is 9.44. The molecule has 0 aliphatic rings. The monoisotopic (exact) mass is 474 g/mol. The highest BCUT2D eigenvalue weighted by Gasteiger charge is 2.15. The Labute approximate surface area is 199 Å². The highest BCUT2D eigenvalue weighted by Crippen LogP contribution is 2.27. The van der Waals surface area contributed by atoms with E-state index in [9.17, 15) is 4.79 Å². The van der Waals surface area contributed by atoms with E-state index in [-0.39, 0.29) is 11.7 Å². The minimum Gasteiger partial charge on any atom is -0.497 e. The summed E-state index contributed by atoms with van der Waals surface area (Å²) in [4.78, 5) is 12.6. The number of nitrogens with zero attached hydrogens (tertiary/aromatic N) is 5. The van der Waals surface area contributed by atoms with E-state index < -0.39 is 0 Å². The number of thioether (sulfide) groups is 1. The molecular formula is C24H22N6O3S. The largest absolute Gasteiger partial charge is 0.497 e. The maximum atomic E-state index is 12.6. The number of nitrogens with one attached hydrogen (secondary N) is 1. The minimum absolute atomic E-state index is 0.152. The number of ether oxygens (including phenoxy) is 2. The van der Waals surface area contributed by atoms with E-state index in [0.717, 1.165) is 22.5 Å². The second-order valence-corrected chi connectivity index (χ2v) is 8.27. The normalized spacial score (nSPS) is 11.1. The summed E-state index contributed by atoms with van der Waals surface area (Å²) in [5.74, 6) is 1.47. The van der Waals surface area contributed by atoms with Gasteiger partial charge >= 0.3 is 0 Å². The molecule has 9 nitrogen and oxygen atoms in total. The van der Waals surface area contributed by atoms with Gasteiger partial charge in [-0.2, -0.15) is 5.10 Å². The fourth-order valence-electron chi connectivity index (χ4n) is 3.56. The zero-order valence-electron chi connectivity index (χ0n) is 18.6. The van der Waals surface area contributed by atoms with Crippen LogP contribution in [0.2, 0.25) is 0 Å². The Bertz CT molecular complexity index is 1460. The van der Waals surface area contributed by atoms with E-state index in [1.165, 1.54) is 11.8 Å². The van der Waals surface area contributed by atoms with Crippen molar-refractivity contribution in [3.63, 3.8) is 0 Å². The van der Waals surface area contributed by atoms with Gasteiger partial charge < -0.3 is 14.8 Å². The van der Waals surface area contributed by atoms with Crippen LogP contribution in [0.25, 0.3) is 22.4 Å². The summed E-state index contributed by atoms with van der Waals surface area (Å²) < 4.78 is 14.4. The fraction of sp³-hybridized carbons (Fsp3) is 0.167. The SMILES string of the molecule is CCOc1ccccc1NC(=O)CSc1nnc2c3cc(-c4ccc(OC)cc4)nn3ccn12. The number of fused-ring (bicyclic) bond motifs is 3. The van der Waals surface area contributed by atoms with Gasteiger partial charge in [-0.25, -0.2) is 4.52 Å². The van der Waals surface area contributed by atoms with Gasteiger partial charge in [0.05, 0.1) is 30.9 Å². The molecule has 2 aromatic carbocycles. The van der Waals surface area contributed by atoms with Crippen LogP contribution in [-0.2, 0) is 4.79 Å². The fourth-order valence-corrected chi connectivity index (χ4v) is 4.28. The van der Waals surface area contributed by atoms with E-state index >= 15 is 0 Å². The molecule has 0 saturated carbocycles. The van der Waals surface area contributed by atoms with Crippen molar-refractivity contribution in [1.82, 2.24) is 24.2 Å². The Kier molecular flexibility index (Phi) is 6.05. The molecule has 0 atom stereocenters. The number of hydrogen-bond acceptors (Lipinski definition) is 7. The predicted molar refractivity (Wildman–Crippen MR) is 131 cm³/mol. The van der Waals surface area contributed by atoms with Gasteiger partial charge in [0.2, 0.25) is 5.91 Å². The van der Waals surface area contributed by atoms with Gasteiger partial charge in [-0.15, -0.1) is 10.2 Å². The lowest BCUT2D eigenvalue weighted by Gasteiger charge is -2.10. The van der Waals surface area contributed by atoms with Crippen LogP contribution in [0.5, 0.6) is 11.5 Å². The van der Waals surface area contributed by atoms with Crippen molar-refractivity contribution >= 4 is 34.5 Å². The van der Waals surface area contributed by atoms with Crippen molar-refractivity contribution < 1.29 is 14.3 Å². The molecule has 0 bridgehead atoms. The van der Waals surface area contributed by atoms with Crippen LogP contribution in [0.15, 0.2) is 72.1 Å². The predicted octanol–water partition coefficient (Wildman–Crippen LogP) is 4.18. The summed E-state index contributed by atoms with van der Waals surface area (Å²) in [7, 11) is 1.64. The first-order valence-electron chi connectivity index (χ1n) is 10.7. The molecule has 0 radical (unpaired) electrons. The van der Waals surface area contributed by atoms with Crippen molar-refractivity contribution in [1.29, 1.82) is 0 Å². The first-order chi connectivity index (χ1) is 16.7. The number of aromatic nitrogens is 5. The van der Waals surface area contributed by atoms with Gasteiger partial charge in [0.1, 0.15) is 17.0 Å². The Hall–Kier alpha value is -4.05. The van der Waals surface area contributed by atoms with Gasteiger partial charge in [0.25, 0.3) is 0 Å². The van der Waals surface area contributed by atoms with Crippen LogP contribution in [0.1, 0.15) is 6.92 Å². The standard InChI is InChI=1S/C24H22N6O3S/c1-3-33-21-7-5-4-6-18(21)25-22(31)15-34-24-27-26-23-20-14-19(28-30(20)13-12-29(23)24)16-8-10-17(32-2)11-9-16/h4-14H,3,15H2,1-2H3,(H,25,31). The molecule has 1 N–H and O–H groups in total. The van der Waals surface area contributed by atoms with Crippen molar-refractivity contribution in [3.8, 4) is 22.8 Å². The summed E-state index contributed by atoms with van der Waals surface area (Å²) in [5.41, 5.74) is 3.93. The highest BCUT2D eigenvalue weighted by atomic mass is 32.2. The molecule has 172 valence electrons. The summed E-state index contributed by atoms with van der Waals surface area (Å²) in [6.45, 7) is 2.43. The number of methoxy groups -OCH3 is 1. The third kappa shape index (κ3) is 4.27. The smallest absolute Gasteiger partial charge is 0.234 e. The molecule has 0 aliphatic carbocycles. The van der Waals surface area contributed by atoms with Crippen molar-refractivity contribution in [3.05, 3.63) is 67.0 Å². The van der Waals surface area contributed by atoms with Crippen LogP contribution in [0, 0.1) is 0 Å².